The van der Waals surface area contributed by atoms with Gasteiger partial charge >= 0.3 is 0 Å². The molecule has 1 aromatic rings. The minimum atomic E-state index is -0.0375. The Kier molecular flexibility index (Phi) is 8.87. The molecule has 1 aliphatic rings. The van der Waals surface area contributed by atoms with E-state index in [1.165, 1.54) is 4.90 Å². The first-order valence-electron chi connectivity index (χ1n) is 8.32. The number of hydrogen-bond acceptors (Lipinski definition) is 4. The van der Waals surface area contributed by atoms with Crippen LogP contribution in [0.25, 0.3) is 0 Å². The molecule has 8 nitrogen and oxygen atoms in total. The highest BCUT2D eigenvalue weighted by atomic mass is 127. The van der Waals surface area contributed by atoms with Crippen LogP contribution >= 0.6 is 24.0 Å². The van der Waals surface area contributed by atoms with E-state index in [0.717, 1.165) is 37.5 Å². The molecule has 0 spiro atoms. The zero-order chi connectivity index (χ0) is 17.5. The molecular formula is C16H28IN7O. The number of nitrogens with zero attached hydrogens (tertiary/aromatic N) is 5. The lowest BCUT2D eigenvalue weighted by molar-refractivity contribution is -0.127. The second-order valence-corrected chi connectivity index (χ2v) is 5.98. The van der Waals surface area contributed by atoms with Gasteiger partial charge in [-0.1, -0.05) is 13.0 Å². The number of hydrogen-bond donors (Lipinski definition) is 2. The smallest absolute Gasteiger partial charge is 0.243 e. The lowest BCUT2D eigenvalue weighted by atomic mass is 10.1. The summed E-state index contributed by atoms with van der Waals surface area (Å²) < 4.78 is 1.97. The first-order chi connectivity index (χ1) is 11.5. The number of aryl methyl sites for hydroxylation is 2. The van der Waals surface area contributed by atoms with Crippen molar-refractivity contribution in [1.82, 2.24) is 30.3 Å². The molecule has 2 heterocycles. The van der Waals surface area contributed by atoms with Crippen LogP contribution in [0, 0.1) is 0 Å². The number of likely N-dealkylation sites (N-methyl/N-ethyl adjacent to an activating group) is 1. The summed E-state index contributed by atoms with van der Waals surface area (Å²) in [6.45, 7) is 7.21. The molecule has 140 valence electrons. The number of nitrogens with one attached hydrogen (secondary N) is 2. The van der Waals surface area contributed by atoms with Gasteiger partial charge < -0.3 is 15.5 Å². The monoisotopic (exact) mass is 461 g/mol. The molecule has 0 radical (unpaired) electrons. The number of amides is 1. The molecule has 25 heavy (non-hydrogen) atoms. The van der Waals surface area contributed by atoms with E-state index in [-0.39, 0.29) is 42.5 Å². The van der Waals surface area contributed by atoms with Crippen LogP contribution < -0.4 is 10.6 Å². The Morgan fingerprint density at radius 1 is 1.52 bits per heavy atom. The average molecular weight is 461 g/mol. The normalized spacial score (nSPS) is 16.4. The van der Waals surface area contributed by atoms with Gasteiger partial charge in [-0.25, -0.2) is 14.7 Å². The number of aromatic nitrogens is 3. The van der Waals surface area contributed by atoms with Crippen molar-refractivity contribution in [2.45, 2.75) is 38.8 Å². The lowest BCUT2D eigenvalue weighted by Crippen LogP contribution is -2.47. The summed E-state index contributed by atoms with van der Waals surface area (Å²) in [5.41, 5.74) is 0. The average Bonchev–Trinajstić information content (AvgIpc) is 2.99. The van der Waals surface area contributed by atoms with Crippen LogP contribution in [-0.4, -0.2) is 64.8 Å². The SMILES string of the molecule is C=CCNC(=NCC(=O)N(C)C)NC1CCc2nc(CC)nn2C1.I. The summed E-state index contributed by atoms with van der Waals surface area (Å²) >= 11 is 0. The Balaban J connectivity index is 0.00000312. The first-order valence-corrected chi connectivity index (χ1v) is 8.32. The second kappa shape index (κ2) is 10.4. The molecule has 0 fully saturated rings. The first kappa shape index (κ1) is 21.4. The van der Waals surface area contributed by atoms with Crippen LogP contribution in [0.4, 0.5) is 0 Å². The Hall–Kier alpha value is -1.65. The Bertz CT molecular complexity index is 612. The van der Waals surface area contributed by atoms with Crippen LogP contribution in [0.1, 0.15) is 25.0 Å². The predicted molar refractivity (Wildman–Crippen MR) is 109 cm³/mol. The molecular weight excluding hydrogens is 433 g/mol. The molecule has 0 aromatic carbocycles. The fraction of sp³-hybridized carbons (Fsp3) is 0.625. The number of aliphatic imine (C=N–C) groups is 1. The molecule has 1 aliphatic heterocycles. The van der Waals surface area contributed by atoms with Gasteiger partial charge in [-0.05, 0) is 6.42 Å². The summed E-state index contributed by atoms with van der Waals surface area (Å²) in [5.74, 6) is 2.52. The lowest BCUT2D eigenvalue weighted by Gasteiger charge is -2.25. The van der Waals surface area contributed by atoms with Gasteiger partial charge in [0, 0.05) is 39.5 Å². The Labute approximate surface area is 166 Å². The summed E-state index contributed by atoms with van der Waals surface area (Å²) in [5, 5.41) is 11.1. The van der Waals surface area contributed by atoms with Crippen molar-refractivity contribution in [3.63, 3.8) is 0 Å². The van der Waals surface area contributed by atoms with E-state index in [1.54, 1.807) is 20.2 Å². The van der Waals surface area contributed by atoms with Gasteiger partial charge in [0.25, 0.3) is 0 Å². The van der Waals surface area contributed by atoms with Crippen LogP contribution in [0.5, 0.6) is 0 Å². The number of rotatable bonds is 6. The van der Waals surface area contributed by atoms with Gasteiger partial charge in [-0.15, -0.1) is 30.6 Å². The summed E-state index contributed by atoms with van der Waals surface area (Å²) in [6, 6.07) is 0.203. The molecule has 9 heteroatoms. The topological polar surface area (TPSA) is 87.4 Å². The fourth-order valence-electron chi connectivity index (χ4n) is 2.43. The number of carbonyl (C=O) groups is 1. The van der Waals surface area contributed by atoms with E-state index in [9.17, 15) is 4.79 Å². The Morgan fingerprint density at radius 3 is 2.92 bits per heavy atom. The molecule has 1 aromatic heterocycles. The number of halogens is 1. The van der Waals surface area contributed by atoms with E-state index >= 15 is 0 Å². The van der Waals surface area contributed by atoms with Crippen molar-refractivity contribution in [2.75, 3.05) is 27.2 Å². The molecule has 1 amide bonds. The van der Waals surface area contributed by atoms with Crippen molar-refractivity contribution in [3.8, 4) is 0 Å². The third-order valence-corrected chi connectivity index (χ3v) is 3.84. The van der Waals surface area contributed by atoms with Gasteiger partial charge in [-0.3, -0.25) is 4.79 Å². The van der Waals surface area contributed by atoms with Crippen LogP contribution in [-0.2, 0) is 24.2 Å². The minimum absolute atomic E-state index is 0. The standard InChI is InChI=1S/C16H27N7O.HI/c1-5-9-17-16(18-10-15(24)22(3)4)19-12-7-8-14-20-13(6-2)21-23(14)11-12;/h5,12H,1,6-11H2,2-4H3,(H2,17,18,19);1H. The molecule has 0 aliphatic carbocycles. The van der Waals surface area contributed by atoms with E-state index in [2.05, 4.69) is 39.2 Å². The van der Waals surface area contributed by atoms with E-state index < -0.39 is 0 Å². The zero-order valence-corrected chi connectivity index (χ0v) is 17.5. The minimum Gasteiger partial charge on any atom is -0.353 e. The molecule has 1 unspecified atom stereocenters. The Morgan fingerprint density at radius 2 is 2.28 bits per heavy atom. The van der Waals surface area contributed by atoms with Crippen molar-refractivity contribution in [1.29, 1.82) is 0 Å². The quantitative estimate of drug-likeness (QED) is 0.280. The maximum Gasteiger partial charge on any atom is 0.243 e. The van der Waals surface area contributed by atoms with Gasteiger partial charge in [-0.2, -0.15) is 5.10 Å². The number of carbonyl (C=O) groups excluding carboxylic acids is 1. The third-order valence-electron chi connectivity index (χ3n) is 3.84. The van der Waals surface area contributed by atoms with E-state index in [4.69, 9.17) is 0 Å². The molecule has 0 saturated carbocycles. The summed E-state index contributed by atoms with van der Waals surface area (Å²) in [6.07, 6.45) is 4.45. The number of fused-ring (bicyclic) bond motifs is 1. The van der Waals surface area contributed by atoms with E-state index in [0.29, 0.717) is 12.5 Å². The van der Waals surface area contributed by atoms with Crippen molar-refractivity contribution < 1.29 is 4.79 Å². The maximum atomic E-state index is 11.7. The van der Waals surface area contributed by atoms with E-state index in [1.807, 2.05) is 4.68 Å². The summed E-state index contributed by atoms with van der Waals surface area (Å²) in [7, 11) is 3.45. The largest absolute Gasteiger partial charge is 0.353 e. The van der Waals surface area contributed by atoms with Gasteiger partial charge in [0.1, 0.15) is 12.4 Å². The fourth-order valence-corrected chi connectivity index (χ4v) is 2.43. The molecule has 0 bridgehead atoms. The molecule has 1 atom stereocenters. The van der Waals surface area contributed by atoms with Gasteiger partial charge in [0.15, 0.2) is 11.8 Å². The predicted octanol–water partition coefficient (Wildman–Crippen LogP) is 0.583. The van der Waals surface area contributed by atoms with Crippen molar-refractivity contribution in [3.05, 3.63) is 24.3 Å². The van der Waals surface area contributed by atoms with Crippen molar-refractivity contribution in [2.24, 2.45) is 4.99 Å². The summed E-state index contributed by atoms with van der Waals surface area (Å²) in [4.78, 5) is 22.2. The van der Waals surface area contributed by atoms with Crippen LogP contribution in [0.2, 0.25) is 0 Å². The molecule has 2 N–H and O–H groups in total. The third kappa shape index (κ3) is 6.29. The highest BCUT2D eigenvalue weighted by Crippen LogP contribution is 2.13. The zero-order valence-electron chi connectivity index (χ0n) is 15.2. The molecule has 2 rings (SSSR count). The highest BCUT2D eigenvalue weighted by Gasteiger charge is 2.22. The second-order valence-electron chi connectivity index (χ2n) is 5.98. The van der Waals surface area contributed by atoms with Crippen molar-refractivity contribution >= 4 is 35.8 Å². The maximum absolute atomic E-state index is 11.7. The molecule has 0 saturated heterocycles. The van der Waals surface area contributed by atoms with Gasteiger partial charge in [0.05, 0.1) is 6.54 Å². The van der Waals surface area contributed by atoms with Crippen LogP contribution in [0.15, 0.2) is 17.6 Å². The number of guanidine groups is 1. The highest BCUT2D eigenvalue weighted by molar-refractivity contribution is 14.0. The van der Waals surface area contributed by atoms with Gasteiger partial charge in [0.2, 0.25) is 5.91 Å². The van der Waals surface area contributed by atoms with Crippen LogP contribution in [0.3, 0.4) is 0 Å².